The summed E-state index contributed by atoms with van der Waals surface area (Å²) in [6, 6.07) is 9.56. The number of ether oxygens (including phenoxy) is 1. The maximum Gasteiger partial charge on any atom is 0.160 e. The molecule has 0 bridgehead atoms. The maximum absolute atomic E-state index is 9.63. The van der Waals surface area contributed by atoms with E-state index in [-0.39, 0.29) is 5.75 Å². The summed E-state index contributed by atoms with van der Waals surface area (Å²) in [6.45, 7) is 4.75. The van der Waals surface area contributed by atoms with E-state index in [1.54, 1.807) is 13.2 Å². The Morgan fingerprint density at radius 3 is 2.67 bits per heavy atom. The van der Waals surface area contributed by atoms with E-state index >= 15 is 0 Å². The van der Waals surface area contributed by atoms with Crippen molar-refractivity contribution in [2.24, 2.45) is 0 Å². The molecule has 0 aliphatic rings. The molecule has 0 amide bonds. The number of hydrogen-bond acceptors (Lipinski definition) is 3. The molecule has 0 spiro atoms. The van der Waals surface area contributed by atoms with Gasteiger partial charge >= 0.3 is 0 Å². The van der Waals surface area contributed by atoms with Gasteiger partial charge in [-0.1, -0.05) is 35.3 Å². The molecule has 2 N–H and O–H groups in total. The molecule has 2 aromatic rings. The number of phenols is 1. The van der Waals surface area contributed by atoms with Crippen molar-refractivity contribution >= 4 is 23.2 Å². The minimum Gasteiger partial charge on any atom is -0.504 e. The number of phenolic OH excluding ortho intramolecular Hbond substituents is 1. The van der Waals surface area contributed by atoms with E-state index in [1.165, 1.54) is 0 Å². The predicted octanol–water partition coefficient (Wildman–Crippen LogP) is 5.13. The molecule has 0 saturated heterocycles. The predicted molar refractivity (Wildman–Crippen MR) is 100 cm³/mol. The van der Waals surface area contributed by atoms with Crippen LogP contribution < -0.4 is 10.1 Å². The Morgan fingerprint density at radius 2 is 1.96 bits per heavy atom. The zero-order valence-electron chi connectivity index (χ0n) is 14.2. The molecule has 2 rings (SSSR count). The van der Waals surface area contributed by atoms with Gasteiger partial charge in [0, 0.05) is 28.2 Å². The highest BCUT2D eigenvalue weighted by molar-refractivity contribution is 6.36. The summed E-state index contributed by atoms with van der Waals surface area (Å²) in [6.07, 6.45) is 1.84. The van der Waals surface area contributed by atoms with Crippen molar-refractivity contribution in [1.82, 2.24) is 5.32 Å². The van der Waals surface area contributed by atoms with Crippen LogP contribution in [0.5, 0.6) is 11.5 Å². The minimum absolute atomic E-state index is 0.163. The van der Waals surface area contributed by atoms with Crippen LogP contribution in [-0.4, -0.2) is 18.3 Å². The first-order chi connectivity index (χ1) is 11.4. The van der Waals surface area contributed by atoms with Gasteiger partial charge in [-0.2, -0.15) is 0 Å². The molecule has 0 radical (unpaired) electrons. The van der Waals surface area contributed by atoms with Gasteiger partial charge in [0.1, 0.15) is 0 Å². The first kappa shape index (κ1) is 18.9. The molecule has 3 nitrogen and oxygen atoms in total. The summed E-state index contributed by atoms with van der Waals surface area (Å²) >= 11 is 12.6. The van der Waals surface area contributed by atoms with Crippen LogP contribution in [0, 0.1) is 6.92 Å². The molecule has 0 aromatic heterocycles. The van der Waals surface area contributed by atoms with Crippen LogP contribution >= 0.6 is 23.2 Å². The highest BCUT2D eigenvalue weighted by Gasteiger charge is 2.10. The van der Waals surface area contributed by atoms with Crippen LogP contribution in [-0.2, 0) is 13.0 Å². The molecule has 130 valence electrons. The van der Waals surface area contributed by atoms with Crippen LogP contribution in [0.1, 0.15) is 30.0 Å². The van der Waals surface area contributed by atoms with E-state index in [0.29, 0.717) is 23.4 Å². The highest BCUT2D eigenvalue weighted by Crippen LogP contribution is 2.28. The Balaban J connectivity index is 1.90. The molecule has 1 atom stereocenters. The van der Waals surface area contributed by atoms with E-state index < -0.39 is 0 Å². The molecule has 0 aliphatic heterocycles. The van der Waals surface area contributed by atoms with Gasteiger partial charge < -0.3 is 15.2 Å². The summed E-state index contributed by atoms with van der Waals surface area (Å²) < 4.78 is 5.14. The van der Waals surface area contributed by atoms with Crippen molar-refractivity contribution < 1.29 is 9.84 Å². The smallest absolute Gasteiger partial charge is 0.160 e. The van der Waals surface area contributed by atoms with Crippen molar-refractivity contribution in [2.75, 3.05) is 7.11 Å². The zero-order chi connectivity index (χ0) is 17.7. The van der Waals surface area contributed by atoms with Crippen molar-refractivity contribution in [3.63, 3.8) is 0 Å². The molecule has 0 saturated carbocycles. The number of benzene rings is 2. The van der Waals surface area contributed by atoms with E-state index in [0.717, 1.165) is 34.6 Å². The third kappa shape index (κ3) is 4.79. The number of hydrogen-bond donors (Lipinski definition) is 2. The quantitative estimate of drug-likeness (QED) is 0.712. The number of aromatic hydroxyl groups is 1. The monoisotopic (exact) mass is 367 g/mol. The Hall–Kier alpha value is -1.42. The third-order valence-corrected chi connectivity index (χ3v) is 5.00. The number of rotatable bonds is 7. The molecule has 0 heterocycles. The van der Waals surface area contributed by atoms with Crippen molar-refractivity contribution in [1.29, 1.82) is 0 Å². The second-order valence-corrected chi connectivity index (χ2v) is 6.77. The summed E-state index contributed by atoms with van der Waals surface area (Å²) in [7, 11) is 1.55. The lowest BCUT2D eigenvalue weighted by Gasteiger charge is -2.16. The minimum atomic E-state index is 0.163. The first-order valence-corrected chi connectivity index (χ1v) is 8.70. The summed E-state index contributed by atoms with van der Waals surface area (Å²) in [5.41, 5.74) is 3.10. The SMILES string of the molecule is COc1cc(CCC(C)NCc2c(Cl)ccc(C)c2Cl)ccc1O. The fourth-order valence-corrected chi connectivity index (χ4v) is 3.02. The molecule has 5 heteroatoms. The summed E-state index contributed by atoms with van der Waals surface area (Å²) in [5, 5.41) is 14.5. The highest BCUT2D eigenvalue weighted by atomic mass is 35.5. The first-order valence-electron chi connectivity index (χ1n) is 7.95. The summed E-state index contributed by atoms with van der Waals surface area (Å²) in [4.78, 5) is 0. The molecule has 24 heavy (non-hydrogen) atoms. The van der Waals surface area contributed by atoms with E-state index in [1.807, 2.05) is 31.2 Å². The van der Waals surface area contributed by atoms with E-state index in [2.05, 4.69) is 12.2 Å². The molecule has 1 unspecified atom stereocenters. The molecular weight excluding hydrogens is 345 g/mol. The van der Waals surface area contributed by atoms with Crippen LogP contribution in [0.2, 0.25) is 10.0 Å². The lowest BCUT2D eigenvalue weighted by Crippen LogP contribution is -2.26. The molecule has 0 aliphatic carbocycles. The number of halogens is 2. The second kappa shape index (κ2) is 8.61. The molecule has 2 aromatic carbocycles. The average molecular weight is 368 g/mol. The second-order valence-electron chi connectivity index (χ2n) is 5.98. The van der Waals surface area contributed by atoms with Gasteiger partial charge in [-0.3, -0.25) is 0 Å². The van der Waals surface area contributed by atoms with Crippen molar-refractivity contribution in [3.05, 3.63) is 57.1 Å². The summed E-state index contributed by atoms with van der Waals surface area (Å²) in [5.74, 6) is 0.669. The number of methoxy groups -OCH3 is 1. The lowest BCUT2D eigenvalue weighted by atomic mass is 10.0. The van der Waals surface area contributed by atoms with E-state index in [9.17, 15) is 5.11 Å². The lowest BCUT2D eigenvalue weighted by molar-refractivity contribution is 0.372. The van der Waals surface area contributed by atoms with Crippen molar-refractivity contribution in [2.45, 2.75) is 39.3 Å². The van der Waals surface area contributed by atoms with Gasteiger partial charge in [-0.15, -0.1) is 0 Å². The Morgan fingerprint density at radius 1 is 1.21 bits per heavy atom. The molecule has 0 fully saturated rings. The Kier molecular flexibility index (Phi) is 6.79. The average Bonchev–Trinajstić information content (AvgIpc) is 2.57. The standard InChI is InChI=1S/C19H23Cl2NO2/c1-12-4-8-16(20)15(19(12)21)11-22-13(2)5-6-14-7-9-17(23)18(10-14)24-3/h4,7-10,13,22-23H,5-6,11H2,1-3H3. The maximum atomic E-state index is 9.63. The molecular formula is C19H23Cl2NO2. The van der Waals surface area contributed by atoms with Crippen molar-refractivity contribution in [3.8, 4) is 11.5 Å². The zero-order valence-corrected chi connectivity index (χ0v) is 15.7. The van der Waals surface area contributed by atoms with Crippen LogP contribution in [0.25, 0.3) is 0 Å². The topological polar surface area (TPSA) is 41.5 Å². The van der Waals surface area contributed by atoms with Gasteiger partial charge in [-0.05, 0) is 56.0 Å². The fraction of sp³-hybridized carbons (Fsp3) is 0.368. The van der Waals surface area contributed by atoms with Gasteiger partial charge in [0.15, 0.2) is 11.5 Å². The van der Waals surface area contributed by atoms with Gasteiger partial charge in [0.2, 0.25) is 0 Å². The van der Waals surface area contributed by atoms with Crippen LogP contribution in [0.15, 0.2) is 30.3 Å². The third-order valence-electron chi connectivity index (χ3n) is 4.12. The van der Waals surface area contributed by atoms with Gasteiger partial charge in [-0.25, -0.2) is 0 Å². The fourth-order valence-electron chi connectivity index (χ4n) is 2.52. The van der Waals surface area contributed by atoms with Gasteiger partial charge in [0.05, 0.1) is 7.11 Å². The largest absolute Gasteiger partial charge is 0.504 e. The Labute approximate surface area is 153 Å². The number of nitrogens with one attached hydrogen (secondary N) is 1. The van der Waals surface area contributed by atoms with Crippen LogP contribution in [0.3, 0.4) is 0 Å². The normalized spacial score (nSPS) is 12.2. The van der Waals surface area contributed by atoms with Crippen LogP contribution in [0.4, 0.5) is 0 Å². The Bertz CT molecular complexity index is 704. The van der Waals surface area contributed by atoms with Gasteiger partial charge in [0.25, 0.3) is 0 Å². The van der Waals surface area contributed by atoms with E-state index in [4.69, 9.17) is 27.9 Å². The number of aryl methyl sites for hydroxylation is 2.